The first-order valence-corrected chi connectivity index (χ1v) is 5.73. The van der Waals surface area contributed by atoms with Crippen LogP contribution in [0.25, 0.3) is 0 Å². The zero-order valence-electron chi connectivity index (χ0n) is 9.59. The summed E-state index contributed by atoms with van der Waals surface area (Å²) in [6.07, 6.45) is -6.55. The number of hydrogen-bond donors (Lipinski definition) is 6. The van der Waals surface area contributed by atoms with Gasteiger partial charge in [-0.2, -0.15) is 0 Å². The lowest BCUT2D eigenvalue weighted by atomic mass is 9.78. The summed E-state index contributed by atoms with van der Waals surface area (Å²) in [7, 11) is 0. The lowest BCUT2D eigenvalue weighted by Gasteiger charge is -2.35. The second kappa shape index (κ2) is 4.99. The molecule has 0 spiro atoms. The summed E-state index contributed by atoms with van der Waals surface area (Å²) in [5.41, 5.74) is -1.82. The second-order valence-electron chi connectivity index (χ2n) is 4.72. The minimum Gasteiger partial charge on any atom is -0.394 e. The molecule has 0 radical (unpaired) electrons. The molecule has 0 saturated carbocycles. The molecule has 2 aliphatic heterocycles. The van der Waals surface area contributed by atoms with Crippen molar-refractivity contribution in [1.29, 1.82) is 0 Å². The van der Waals surface area contributed by atoms with Crippen molar-refractivity contribution < 1.29 is 40.1 Å². The maximum absolute atomic E-state index is 10.4. The van der Waals surface area contributed by atoms with Gasteiger partial charge in [0.2, 0.25) is 0 Å². The molecular formula is C10H18O8. The van der Waals surface area contributed by atoms with Crippen LogP contribution in [0.15, 0.2) is 0 Å². The van der Waals surface area contributed by atoms with Gasteiger partial charge in [0.25, 0.3) is 0 Å². The number of rotatable bonds is 3. The SMILES string of the molecule is OC[C@H]1O[C@H](O)C([C@@]2(O)C[C@@H](O)O[C@@H]2CO)[C@@H]1O. The molecule has 0 aromatic heterocycles. The largest absolute Gasteiger partial charge is 0.394 e. The quantitative estimate of drug-likeness (QED) is 0.309. The monoisotopic (exact) mass is 266 g/mol. The topological polar surface area (TPSA) is 140 Å². The van der Waals surface area contributed by atoms with Crippen molar-refractivity contribution in [2.75, 3.05) is 13.2 Å². The van der Waals surface area contributed by atoms with Gasteiger partial charge in [0, 0.05) is 6.42 Å². The van der Waals surface area contributed by atoms with E-state index < -0.39 is 55.6 Å². The molecule has 8 heteroatoms. The van der Waals surface area contributed by atoms with E-state index in [9.17, 15) is 20.4 Å². The van der Waals surface area contributed by atoms with E-state index in [-0.39, 0.29) is 6.42 Å². The highest BCUT2D eigenvalue weighted by atomic mass is 16.6. The molecule has 0 amide bonds. The molecule has 0 aliphatic carbocycles. The summed E-state index contributed by atoms with van der Waals surface area (Å²) in [6, 6.07) is 0. The maximum Gasteiger partial charge on any atom is 0.163 e. The van der Waals surface area contributed by atoms with Crippen LogP contribution in [-0.2, 0) is 9.47 Å². The maximum atomic E-state index is 10.4. The molecule has 2 aliphatic rings. The van der Waals surface area contributed by atoms with Crippen LogP contribution in [0.4, 0.5) is 0 Å². The summed E-state index contributed by atoms with van der Waals surface area (Å²) in [6.45, 7) is -1.09. The molecule has 106 valence electrons. The molecule has 2 fully saturated rings. The van der Waals surface area contributed by atoms with Crippen molar-refractivity contribution in [2.45, 2.75) is 42.9 Å². The molecule has 2 saturated heterocycles. The lowest BCUT2D eigenvalue weighted by molar-refractivity contribution is -0.179. The average molecular weight is 266 g/mol. The van der Waals surface area contributed by atoms with Crippen LogP contribution in [0.2, 0.25) is 0 Å². The Kier molecular flexibility index (Phi) is 3.90. The van der Waals surface area contributed by atoms with Gasteiger partial charge in [-0.25, -0.2) is 0 Å². The summed E-state index contributed by atoms with van der Waals surface area (Å²) < 4.78 is 9.84. The normalized spacial score (nSPS) is 53.0. The number of aliphatic hydroxyl groups excluding tert-OH is 5. The molecule has 8 nitrogen and oxygen atoms in total. The summed E-state index contributed by atoms with van der Waals surface area (Å²) >= 11 is 0. The summed E-state index contributed by atoms with van der Waals surface area (Å²) in [5, 5.41) is 57.6. The van der Waals surface area contributed by atoms with Crippen molar-refractivity contribution >= 4 is 0 Å². The molecule has 6 N–H and O–H groups in total. The van der Waals surface area contributed by atoms with Crippen LogP contribution in [0.1, 0.15) is 6.42 Å². The van der Waals surface area contributed by atoms with Crippen LogP contribution < -0.4 is 0 Å². The Balaban J connectivity index is 2.23. The Hall–Kier alpha value is -0.320. The molecule has 0 bridgehead atoms. The third-order valence-electron chi connectivity index (χ3n) is 3.67. The standard InChI is InChI=1S/C10H18O8/c11-2-4-8(14)7(9(15)17-4)10(16)1-6(13)18-5(10)3-12/h4-9,11-16H,1-3H2/t4-,5-,6+,7?,8-,9+,10-/m1/s1. The average Bonchev–Trinajstić information content (AvgIpc) is 2.76. The molecule has 7 atom stereocenters. The molecule has 2 heterocycles. The van der Waals surface area contributed by atoms with E-state index in [1.165, 1.54) is 0 Å². The Morgan fingerprint density at radius 3 is 2.22 bits per heavy atom. The molecule has 0 aromatic carbocycles. The fraction of sp³-hybridized carbons (Fsp3) is 1.00. The summed E-state index contributed by atoms with van der Waals surface area (Å²) in [5.74, 6) is -1.18. The van der Waals surface area contributed by atoms with Gasteiger partial charge >= 0.3 is 0 Å². The zero-order valence-corrected chi connectivity index (χ0v) is 9.59. The minimum atomic E-state index is -1.82. The van der Waals surface area contributed by atoms with Crippen LogP contribution >= 0.6 is 0 Å². The van der Waals surface area contributed by atoms with Crippen molar-refractivity contribution in [1.82, 2.24) is 0 Å². The van der Waals surface area contributed by atoms with Gasteiger partial charge < -0.3 is 40.1 Å². The number of ether oxygens (including phenoxy) is 2. The van der Waals surface area contributed by atoms with Gasteiger partial charge in [-0.1, -0.05) is 0 Å². The van der Waals surface area contributed by atoms with Crippen molar-refractivity contribution in [3.05, 3.63) is 0 Å². The first-order chi connectivity index (χ1) is 8.43. The fourth-order valence-electron chi connectivity index (χ4n) is 2.76. The highest BCUT2D eigenvalue weighted by Crippen LogP contribution is 2.43. The van der Waals surface area contributed by atoms with Gasteiger partial charge in [0.05, 0.1) is 25.2 Å². The Labute approximate surface area is 103 Å². The smallest absolute Gasteiger partial charge is 0.163 e. The van der Waals surface area contributed by atoms with Gasteiger partial charge in [-0.05, 0) is 0 Å². The van der Waals surface area contributed by atoms with E-state index in [1.54, 1.807) is 0 Å². The van der Waals surface area contributed by atoms with E-state index in [0.717, 1.165) is 0 Å². The van der Waals surface area contributed by atoms with Crippen LogP contribution in [-0.4, -0.2) is 80.3 Å². The highest BCUT2D eigenvalue weighted by molar-refractivity contribution is 5.05. The molecule has 1 unspecified atom stereocenters. The molecule has 2 rings (SSSR count). The van der Waals surface area contributed by atoms with Crippen molar-refractivity contribution in [3.63, 3.8) is 0 Å². The Bertz CT molecular complexity index is 300. The minimum absolute atomic E-state index is 0.265. The summed E-state index contributed by atoms with van der Waals surface area (Å²) in [4.78, 5) is 0. The third-order valence-corrected chi connectivity index (χ3v) is 3.67. The molecule has 18 heavy (non-hydrogen) atoms. The Morgan fingerprint density at radius 2 is 1.72 bits per heavy atom. The fourth-order valence-corrected chi connectivity index (χ4v) is 2.76. The van der Waals surface area contributed by atoms with E-state index >= 15 is 0 Å². The van der Waals surface area contributed by atoms with Crippen LogP contribution in [0.5, 0.6) is 0 Å². The molecule has 0 aromatic rings. The number of hydrogen-bond acceptors (Lipinski definition) is 8. The van der Waals surface area contributed by atoms with Crippen molar-refractivity contribution in [2.24, 2.45) is 5.92 Å². The third kappa shape index (κ3) is 2.04. The predicted octanol–water partition coefficient (Wildman–Crippen LogP) is -3.50. The Morgan fingerprint density at radius 1 is 1.06 bits per heavy atom. The van der Waals surface area contributed by atoms with E-state index in [4.69, 9.17) is 19.7 Å². The number of aliphatic hydroxyl groups is 6. The second-order valence-corrected chi connectivity index (χ2v) is 4.72. The van der Waals surface area contributed by atoms with E-state index in [0.29, 0.717) is 0 Å². The van der Waals surface area contributed by atoms with E-state index in [1.807, 2.05) is 0 Å². The zero-order chi connectivity index (χ0) is 13.5. The van der Waals surface area contributed by atoms with Crippen LogP contribution in [0.3, 0.4) is 0 Å². The van der Waals surface area contributed by atoms with Gasteiger partial charge in [-0.15, -0.1) is 0 Å². The first kappa shape index (κ1) is 14.1. The van der Waals surface area contributed by atoms with Crippen LogP contribution in [0, 0.1) is 5.92 Å². The predicted molar refractivity (Wildman–Crippen MR) is 55.0 cm³/mol. The van der Waals surface area contributed by atoms with Gasteiger partial charge in [0.15, 0.2) is 12.6 Å². The lowest BCUT2D eigenvalue weighted by Crippen LogP contribution is -2.54. The van der Waals surface area contributed by atoms with Gasteiger partial charge in [0.1, 0.15) is 17.8 Å². The molecular weight excluding hydrogens is 248 g/mol. The highest BCUT2D eigenvalue weighted by Gasteiger charge is 2.60. The van der Waals surface area contributed by atoms with Crippen molar-refractivity contribution in [3.8, 4) is 0 Å². The van der Waals surface area contributed by atoms with Gasteiger partial charge in [-0.3, -0.25) is 0 Å². The van der Waals surface area contributed by atoms with E-state index in [2.05, 4.69) is 0 Å². The first-order valence-electron chi connectivity index (χ1n) is 5.73.